The van der Waals surface area contributed by atoms with E-state index in [0.717, 1.165) is 32.2 Å². The molecule has 0 aromatic carbocycles. The average molecular weight is 283 g/mol. The Kier molecular flexibility index (Phi) is 4.86. The van der Waals surface area contributed by atoms with Gasteiger partial charge in [-0.1, -0.05) is 0 Å². The SMILES string of the molecule is CN(C)C(=O)N1CCC(C(=O)N2CCC[C@@H]2CO)CC1. The van der Waals surface area contributed by atoms with Crippen molar-refractivity contribution < 1.29 is 14.7 Å². The van der Waals surface area contributed by atoms with Crippen molar-refractivity contribution in [1.29, 1.82) is 0 Å². The van der Waals surface area contributed by atoms with Gasteiger partial charge in [0.15, 0.2) is 0 Å². The molecule has 0 aliphatic carbocycles. The lowest BCUT2D eigenvalue weighted by Gasteiger charge is -2.35. The van der Waals surface area contributed by atoms with E-state index in [0.29, 0.717) is 13.1 Å². The Labute approximate surface area is 120 Å². The van der Waals surface area contributed by atoms with Gasteiger partial charge in [-0.25, -0.2) is 4.79 Å². The Morgan fingerprint density at radius 2 is 1.80 bits per heavy atom. The molecule has 6 heteroatoms. The molecule has 6 nitrogen and oxygen atoms in total. The van der Waals surface area contributed by atoms with Gasteiger partial charge in [0.25, 0.3) is 0 Å². The van der Waals surface area contributed by atoms with Gasteiger partial charge in [0.1, 0.15) is 0 Å². The number of aliphatic hydroxyl groups excluding tert-OH is 1. The number of aliphatic hydroxyl groups is 1. The second kappa shape index (κ2) is 6.43. The summed E-state index contributed by atoms with van der Waals surface area (Å²) in [6.45, 7) is 2.11. The number of carbonyl (C=O) groups excluding carboxylic acids is 2. The Morgan fingerprint density at radius 1 is 1.15 bits per heavy atom. The van der Waals surface area contributed by atoms with Crippen LogP contribution in [0.4, 0.5) is 4.79 Å². The number of hydrogen-bond acceptors (Lipinski definition) is 3. The summed E-state index contributed by atoms with van der Waals surface area (Å²) < 4.78 is 0. The van der Waals surface area contributed by atoms with Crippen LogP contribution in [0.2, 0.25) is 0 Å². The predicted octanol–water partition coefficient (Wildman–Crippen LogP) is 0.363. The first-order valence-electron chi connectivity index (χ1n) is 7.42. The fourth-order valence-electron chi connectivity index (χ4n) is 3.15. The molecule has 2 aliphatic heterocycles. The number of urea groups is 1. The van der Waals surface area contributed by atoms with Crippen molar-refractivity contribution in [3.05, 3.63) is 0 Å². The number of nitrogens with zero attached hydrogens (tertiary/aromatic N) is 3. The van der Waals surface area contributed by atoms with Gasteiger partial charge in [0.2, 0.25) is 5.91 Å². The van der Waals surface area contributed by atoms with Gasteiger partial charge in [-0.05, 0) is 25.7 Å². The second-order valence-corrected chi connectivity index (χ2v) is 5.95. The van der Waals surface area contributed by atoms with Gasteiger partial charge in [0, 0.05) is 39.6 Å². The molecule has 114 valence electrons. The summed E-state index contributed by atoms with van der Waals surface area (Å²) in [7, 11) is 3.49. The van der Waals surface area contributed by atoms with Crippen LogP contribution in [0.1, 0.15) is 25.7 Å². The van der Waals surface area contributed by atoms with E-state index in [1.165, 1.54) is 0 Å². The lowest BCUT2D eigenvalue weighted by molar-refractivity contribution is -0.138. The predicted molar refractivity (Wildman–Crippen MR) is 75.2 cm³/mol. The summed E-state index contributed by atoms with van der Waals surface area (Å²) in [5.41, 5.74) is 0. The van der Waals surface area contributed by atoms with Crippen LogP contribution in [0.3, 0.4) is 0 Å². The molecule has 0 saturated carbocycles. The molecule has 2 heterocycles. The van der Waals surface area contributed by atoms with Crippen LogP contribution < -0.4 is 0 Å². The van der Waals surface area contributed by atoms with Crippen LogP contribution in [0.25, 0.3) is 0 Å². The number of likely N-dealkylation sites (tertiary alicyclic amines) is 2. The highest BCUT2D eigenvalue weighted by atomic mass is 16.3. The number of hydrogen-bond donors (Lipinski definition) is 1. The average Bonchev–Trinajstić information content (AvgIpc) is 2.94. The minimum absolute atomic E-state index is 0.00365. The smallest absolute Gasteiger partial charge is 0.319 e. The van der Waals surface area contributed by atoms with E-state index >= 15 is 0 Å². The van der Waals surface area contributed by atoms with E-state index < -0.39 is 0 Å². The van der Waals surface area contributed by atoms with Crippen LogP contribution in [-0.2, 0) is 4.79 Å². The first kappa shape index (κ1) is 15.1. The third-order valence-corrected chi connectivity index (χ3v) is 4.37. The minimum Gasteiger partial charge on any atom is -0.394 e. The molecule has 0 radical (unpaired) electrons. The zero-order valence-corrected chi connectivity index (χ0v) is 12.4. The van der Waals surface area contributed by atoms with Gasteiger partial charge >= 0.3 is 6.03 Å². The Balaban J connectivity index is 1.87. The standard InChI is InChI=1S/C14H25N3O3/c1-15(2)14(20)16-8-5-11(6-9-16)13(19)17-7-3-4-12(17)10-18/h11-12,18H,3-10H2,1-2H3/t12-/m1/s1. The summed E-state index contributed by atoms with van der Waals surface area (Å²) in [5.74, 6) is 0.173. The molecule has 2 aliphatic rings. The van der Waals surface area contributed by atoms with Gasteiger partial charge < -0.3 is 19.8 Å². The topological polar surface area (TPSA) is 64.1 Å². The van der Waals surface area contributed by atoms with Gasteiger partial charge in [-0.15, -0.1) is 0 Å². The minimum atomic E-state index is 0.00365. The summed E-state index contributed by atoms with van der Waals surface area (Å²) in [4.78, 5) is 29.6. The molecule has 1 N–H and O–H groups in total. The number of rotatable bonds is 2. The Bertz CT molecular complexity index is 365. The third-order valence-electron chi connectivity index (χ3n) is 4.37. The normalized spacial score (nSPS) is 24.1. The van der Waals surface area contributed by atoms with Crippen molar-refractivity contribution in [2.45, 2.75) is 31.7 Å². The van der Waals surface area contributed by atoms with Crippen LogP contribution in [-0.4, -0.2) is 78.1 Å². The summed E-state index contributed by atoms with van der Waals surface area (Å²) >= 11 is 0. The van der Waals surface area contributed by atoms with Crippen LogP contribution >= 0.6 is 0 Å². The molecule has 2 fully saturated rings. The van der Waals surface area contributed by atoms with E-state index in [1.807, 2.05) is 4.90 Å². The van der Waals surface area contributed by atoms with Crippen LogP contribution in [0.5, 0.6) is 0 Å². The molecule has 0 bridgehead atoms. The first-order chi connectivity index (χ1) is 9.54. The van der Waals surface area contributed by atoms with Crippen molar-refractivity contribution in [1.82, 2.24) is 14.7 Å². The Morgan fingerprint density at radius 3 is 2.35 bits per heavy atom. The fourth-order valence-corrected chi connectivity index (χ4v) is 3.15. The molecule has 20 heavy (non-hydrogen) atoms. The van der Waals surface area contributed by atoms with E-state index in [2.05, 4.69) is 0 Å². The summed E-state index contributed by atoms with van der Waals surface area (Å²) in [6, 6.07) is 0.0224. The Hall–Kier alpha value is -1.30. The maximum Gasteiger partial charge on any atom is 0.319 e. The maximum absolute atomic E-state index is 12.5. The zero-order chi connectivity index (χ0) is 14.7. The quantitative estimate of drug-likeness (QED) is 0.796. The van der Waals surface area contributed by atoms with E-state index in [-0.39, 0.29) is 30.5 Å². The second-order valence-electron chi connectivity index (χ2n) is 5.95. The van der Waals surface area contributed by atoms with Crippen molar-refractivity contribution in [2.75, 3.05) is 40.3 Å². The monoisotopic (exact) mass is 283 g/mol. The fraction of sp³-hybridized carbons (Fsp3) is 0.857. The highest BCUT2D eigenvalue weighted by molar-refractivity contribution is 5.80. The maximum atomic E-state index is 12.5. The number of carbonyl (C=O) groups is 2. The number of piperidine rings is 1. The highest BCUT2D eigenvalue weighted by Crippen LogP contribution is 2.25. The summed E-state index contributed by atoms with van der Waals surface area (Å²) in [5, 5.41) is 9.31. The largest absolute Gasteiger partial charge is 0.394 e. The van der Waals surface area contributed by atoms with E-state index in [4.69, 9.17) is 0 Å². The van der Waals surface area contributed by atoms with Crippen molar-refractivity contribution in [2.24, 2.45) is 5.92 Å². The molecule has 0 aromatic heterocycles. The molecule has 0 spiro atoms. The van der Waals surface area contributed by atoms with E-state index in [1.54, 1.807) is 23.9 Å². The lowest BCUT2D eigenvalue weighted by atomic mass is 9.95. The molecule has 1 atom stereocenters. The number of amides is 3. The molecular weight excluding hydrogens is 258 g/mol. The van der Waals surface area contributed by atoms with Crippen LogP contribution in [0, 0.1) is 5.92 Å². The summed E-state index contributed by atoms with van der Waals surface area (Å²) in [6.07, 6.45) is 3.34. The molecule has 2 rings (SSSR count). The van der Waals surface area contributed by atoms with Crippen molar-refractivity contribution >= 4 is 11.9 Å². The zero-order valence-electron chi connectivity index (χ0n) is 12.4. The van der Waals surface area contributed by atoms with Crippen molar-refractivity contribution in [3.63, 3.8) is 0 Å². The van der Waals surface area contributed by atoms with Gasteiger partial charge in [-0.3, -0.25) is 4.79 Å². The molecule has 0 unspecified atom stereocenters. The molecule has 2 saturated heterocycles. The highest BCUT2D eigenvalue weighted by Gasteiger charge is 2.35. The third kappa shape index (κ3) is 3.06. The van der Waals surface area contributed by atoms with Gasteiger partial charge in [-0.2, -0.15) is 0 Å². The molecule has 0 aromatic rings. The van der Waals surface area contributed by atoms with Gasteiger partial charge in [0.05, 0.1) is 12.6 Å². The first-order valence-corrected chi connectivity index (χ1v) is 7.42. The van der Waals surface area contributed by atoms with E-state index in [9.17, 15) is 14.7 Å². The molecule has 3 amide bonds. The molecular formula is C14H25N3O3. The van der Waals surface area contributed by atoms with Crippen molar-refractivity contribution in [3.8, 4) is 0 Å². The van der Waals surface area contributed by atoms with Crippen LogP contribution in [0.15, 0.2) is 0 Å². The lowest BCUT2D eigenvalue weighted by Crippen LogP contribution is -2.48.